The van der Waals surface area contributed by atoms with Crippen LogP contribution in [0.5, 0.6) is 5.75 Å². The van der Waals surface area contributed by atoms with E-state index in [1.54, 1.807) is 12.0 Å². The third kappa shape index (κ3) is 2.38. The number of amides is 2. The molecule has 1 N–H and O–H groups in total. The average Bonchev–Trinajstić information content (AvgIpc) is 3.18. The Labute approximate surface area is 146 Å². The van der Waals surface area contributed by atoms with Gasteiger partial charge in [-0.3, -0.25) is 9.59 Å². The van der Waals surface area contributed by atoms with Crippen molar-refractivity contribution in [2.24, 2.45) is 0 Å². The molecule has 0 radical (unpaired) electrons. The lowest BCUT2D eigenvalue weighted by atomic mass is 9.81. The third-order valence-corrected chi connectivity index (χ3v) is 5.25. The maximum Gasteiger partial charge on any atom is 0.253 e. The number of nitrogens with one attached hydrogen (secondary N) is 1. The molecule has 2 aliphatic rings. The predicted molar refractivity (Wildman–Crippen MR) is 95.0 cm³/mol. The molecule has 2 aromatic carbocycles. The van der Waals surface area contributed by atoms with Crippen molar-refractivity contribution < 1.29 is 14.3 Å². The van der Waals surface area contributed by atoms with E-state index in [2.05, 4.69) is 5.32 Å². The van der Waals surface area contributed by atoms with E-state index in [0.717, 1.165) is 22.6 Å². The highest BCUT2D eigenvalue weighted by atomic mass is 16.5. The van der Waals surface area contributed by atoms with Crippen LogP contribution in [0.3, 0.4) is 0 Å². The summed E-state index contributed by atoms with van der Waals surface area (Å²) in [6, 6.07) is 13.2. The minimum atomic E-state index is -0.677. The molecule has 1 saturated heterocycles. The van der Waals surface area contributed by atoms with Crippen molar-refractivity contribution in [2.75, 3.05) is 25.5 Å². The minimum Gasteiger partial charge on any atom is -0.497 e. The summed E-state index contributed by atoms with van der Waals surface area (Å²) in [5.41, 5.74) is 2.78. The van der Waals surface area contributed by atoms with E-state index in [1.165, 1.54) is 0 Å². The van der Waals surface area contributed by atoms with Crippen LogP contribution < -0.4 is 10.1 Å². The van der Waals surface area contributed by atoms with Crippen molar-refractivity contribution in [3.63, 3.8) is 0 Å². The SMILES string of the molecule is COc1ccc2c(c1)[C@]1(CCN(C(=O)c3cccc(C)c3)C1)C(=O)N2. The molecule has 5 heteroatoms. The largest absolute Gasteiger partial charge is 0.497 e. The number of nitrogens with zero attached hydrogens (tertiary/aromatic N) is 1. The van der Waals surface area contributed by atoms with Crippen LogP contribution in [0.2, 0.25) is 0 Å². The van der Waals surface area contributed by atoms with Gasteiger partial charge in [-0.2, -0.15) is 0 Å². The first kappa shape index (κ1) is 15.7. The molecule has 0 unspecified atom stereocenters. The zero-order valence-electron chi connectivity index (χ0n) is 14.3. The fourth-order valence-electron chi connectivity index (χ4n) is 3.87. The van der Waals surface area contributed by atoms with Gasteiger partial charge in [0.25, 0.3) is 5.91 Å². The number of likely N-dealkylation sites (tertiary alicyclic amines) is 1. The Balaban J connectivity index is 1.66. The summed E-state index contributed by atoms with van der Waals surface area (Å²) < 4.78 is 5.31. The minimum absolute atomic E-state index is 0.0234. The fraction of sp³-hybridized carbons (Fsp3) is 0.300. The molecule has 2 aliphatic heterocycles. The molecular weight excluding hydrogens is 316 g/mol. The van der Waals surface area contributed by atoms with E-state index in [1.807, 2.05) is 49.4 Å². The number of anilines is 1. The Kier molecular flexibility index (Phi) is 3.53. The first-order valence-corrected chi connectivity index (χ1v) is 8.39. The second-order valence-corrected chi connectivity index (χ2v) is 6.79. The normalized spacial score (nSPS) is 21.4. The van der Waals surface area contributed by atoms with Gasteiger partial charge in [0, 0.05) is 24.3 Å². The number of methoxy groups -OCH3 is 1. The lowest BCUT2D eigenvalue weighted by Crippen LogP contribution is -2.39. The summed E-state index contributed by atoms with van der Waals surface area (Å²) in [6.45, 7) is 2.93. The highest BCUT2D eigenvalue weighted by Gasteiger charge is 2.52. The van der Waals surface area contributed by atoms with Gasteiger partial charge in [0.1, 0.15) is 5.75 Å². The number of hydrogen-bond donors (Lipinski definition) is 1. The molecule has 0 aromatic heterocycles. The molecule has 128 valence electrons. The van der Waals surface area contributed by atoms with E-state index < -0.39 is 5.41 Å². The molecule has 0 saturated carbocycles. The van der Waals surface area contributed by atoms with Crippen molar-refractivity contribution >= 4 is 17.5 Å². The summed E-state index contributed by atoms with van der Waals surface area (Å²) in [5, 5.41) is 2.96. The number of carbonyl (C=O) groups is 2. The summed E-state index contributed by atoms with van der Waals surface area (Å²) in [6.07, 6.45) is 0.622. The highest BCUT2D eigenvalue weighted by molar-refractivity contribution is 6.07. The first-order valence-electron chi connectivity index (χ1n) is 8.39. The maximum atomic E-state index is 12.9. The first-order chi connectivity index (χ1) is 12.0. The van der Waals surface area contributed by atoms with Gasteiger partial charge in [-0.15, -0.1) is 0 Å². The topological polar surface area (TPSA) is 58.6 Å². The van der Waals surface area contributed by atoms with Crippen LogP contribution in [0, 0.1) is 6.92 Å². The van der Waals surface area contributed by atoms with E-state index in [4.69, 9.17) is 4.74 Å². The second kappa shape index (κ2) is 5.62. The van der Waals surface area contributed by atoms with Crippen LogP contribution in [0.15, 0.2) is 42.5 Å². The predicted octanol–water partition coefficient (Wildman–Crippen LogP) is 2.74. The molecule has 5 nitrogen and oxygen atoms in total. The molecule has 1 atom stereocenters. The molecule has 0 bridgehead atoms. The summed E-state index contributed by atoms with van der Waals surface area (Å²) in [7, 11) is 1.61. The quantitative estimate of drug-likeness (QED) is 0.917. The van der Waals surface area contributed by atoms with E-state index >= 15 is 0 Å². The van der Waals surface area contributed by atoms with Crippen LogP contribution in [0.4, 0.5) is 5.69 Å². The van der Waals surface area contributed by atoms with Crippen LogP contribution >= 0.6 is 0 Å². The van der Waals surface area contributed by atoms with Gasteiger partial charge >= 0.3 is 0 Å². The van der Waals surface area contributed by atoms with Crippen molar-refractivity contribution in [1.82, 2.24) is 4.90 Å². The highest BCUT2D eigenvalue weighted by Crippen LogP contribution is 2.45. The molecule has 1 fully saturated rings. The smallest absolute Gasteiger partial charge is 0.253 e. The van der Waals surface area contributed by atoms with Crippen molar-refractivity contribution in [2.45, 2.75) is 18.8 Å². The summed E-state index contributed by atoms with van der Waals surface area (Å²) >= 11 is 0. The van der Waals surface area contributed by atoms with Gasteiger partial charge < -0.3 is 15.0 Å². The van der Waals surface area contributed by atoms with E-state index in [0.29, 0.717) is 25.1 Å². The molecule has 4 rings (SSSR count). The Morgan fingerprint density at radius 1 is 1.24 bits per heavy atom. The number of ether oxygens (including phenoxy) is 1. The van der Waals surface area contributed by atoms with Crippen LogP contribution in [0.1, 0.15) is 27.9 Å². The van der Waals surface area contributed by atoms with Gasteiger partial charge in [0.05, 0.1) is 12.5 Å². The number of fused-ring (bicyclic) bond motifs is 2. The Bertz CT molecular complexity index is 877. The second-order valence-electron chi connectivity index (χ2n) is 6.79. The molecule has 2 heterocycles. The molecule has 1 spiro atoms. The molecular formula is C20H20N2O3. The molecule has 2 aromatic rings. The van der Waals surface area contributed by atoms with Crippen molar-refractivity contribution in [3.05, 3.63) is 59.2 Å². The van der Waals surface area contributed by atoms with Crippen LogP contribution in [-0.4, -0.2) is 36.9 Å². The summed E-state index contributed by atoms with van der Waals surface area (Å²) in [4.78, 5) is 27.4. The van der Waals surface area contributed by atoms with Crippen LogP contribution in [0.25, 0.3) is 0 Å². The standard InChI is InChI=1S/C20H20N2O3/c1-13-4-3-5-14(10-13)18(23)22-9-8-20(12-22)16-11-15(25-2)6-7-17(16)21-19(20)24/h3-7,10-11H,8-9,12H2,1-2H3,(H,21,24)/t20-/m1/s1. The zero-order chi connectivity index (χ0) is 17.6. The van der Waals surface area contributed by atoms with Gasteiger partial charge in [0.15, 0.2) is 0 Å². The number of aryl methyl sites for hydroxylation is 1. The zero-order valence-corrected chi connectivity index (χ0v) is 14.3. The third-order valence-electron chi connectivity index (χ3n) is 5.25. The Hall–Kier alpha value is -2.82. The van der Waals surface area contributed by atoms with Crippen molar-refractivity contribution in [1.29, 1.82) is 0 Å². The number of hydrogen-bond acceptors (Lipinski definition) is 3. The molecule has 25 heavy (non-hydrogen) atoms. The van der Waals surface area contributed by atoms with Gasteiger partial charge in [-0.05, 0) is 49.2 Å². The van der Waals surface area contributed by atoms with E-state index in [-0.39, 0.29) is 11.8 Å². The molecule has 2 amide bonds. The lowest BCUT2D eigenvalue weighted by molar-refractivity contribution is -0.120. The van der Waals surface area contributed by atoms with Gasteiger partial charge in [-0.25, -0.2) is 0 Å². The Morgan fingerprint density at radius 2 is 2.08 bits per heavy atom. The van der Waals surface area contributed by atoms with E-state index in [9.17, 15) is 9.59 Å². The molecule has 0 aliphatic carbocycles. The Morgan fingerprint density at radius 3 is 2.84 bits per heavy atom. The van der Waals surface area contributed by atoms with Crippen LogP contribution in [-0.2, 0) is 10.2 Å². The van der Waals surface area contributed by atoms with Gasteiger partial charge in [-0.1, -0.05) is 17.7 Å². The maximum absolute atomic E-state index is 12.9. The number of rotatable bonds is 2. The number of carbonyl (C=O) groups excluding carboxylic acids is 2. The monoisotopic (exact) mass is 336 g/mol. The van der Waals surface area contributed by atoms with Crippen molar-refractivity contribution in [3.8, 4) is 5.75 Å². The van der Waals surface area contributed by atoms with Gasteiger partial charge in [0.2, 0.25) is 5.91 Å². The average molecular weight is 336 g/mol. The lowest BCUT2D eigenvalue weighted by Gasteiger charge is -2.23. The fourth-order valence-corrected chi connectivity index (χ4v) is 3.87. The summed E-state index contributed by atoms with van der Waals surface area (Å²) in [5.74, 6) is 0.665. The number of benzene rings is 2.